The van der Waals surface area contributed by atoms with Gasteiger partial charge in [0.15, 0.2) is 0 Å². The molecule has 0 aromatic rings. The topological polar surface area (TPSA) is 58.6 Å². The molecule has 5 nitrogen and oxygen atoms in total. The number of nitrogens with zero attached hydrogens (tertiary/aromatic N) is 1. The van der Waals surface area contributed by atoms with E-state index in [0.717, 1.165) is 0 Å². The normalized spacial score (nSPS) is 14.1. The zero-order valence-corrected chi connectivity index (χ0v) is 10.7. The number of ether oxygens (including phenoxy) is 1. The Balaban J connectivity index is 4.02. The van der Waals surface area contributed by atoms with Crippen LogP contribution in [0.2, 0.25) is 0 Å². The molecular formula is C11H22N2O3. The Labute approximate surface area is 97.1 Å². The molecule has 0 saturated heterocycles. The summed E-state index contributed by atoms with van der Waals surface area (Å²) in [4.78, 5) is 24.4. The number of hydrogen-bond donors (Lipinski definition) is 1. The van der Waals surface area contributed by atoms with E-state index in [1.165, 1.54) is 7.11 Å². The third-order valence-corrected chi connectivity index (χ3v) is 2.55. The van der Waals surface area contributed by atoms with Gasteiger partial charge in [0, 0.05) is 20.1 Å². The van der Waals surface area contributed by atoms with Crippen LogP contribution in [0.15, 0.2) is 0 Å². The van der Waals surface area contributed by atoms with Crippen LogP contribution >= 0.6 is 0 Å². The van der Waals surface area contributed by atoms with Gasteiger partial charge in [0.25, 0.3) is 0 Å². The van der Waals surface area contributed by atoms with Crippen molar-refractivity contribution in [3.63, 3.8) is 0 Å². The third kappa shape index (κ3) is 4.61. The lowest BCUT2D eigenvalue weighted by atomic mass is 10.1. The summed E-state index contributed by atoms with van der Waals surface area (Å²) in [6, 6.07) is -0.281. The molecule has 0 aromatic carbocycles. The number of nitrogens with one attached hydrogen (secondary N) is 1. The van der Waals surface area contributed by atoms with E-state index in [2.05, 4.69) is 10.1 Å². The zero-order chi connectivity index (χ0) is 12.7. The first-order chi connectivity index (χ1) is 7.43. The van der Waals surface area contributed by atoms with Gasteiger partial charge in [-0.05, 0) is 13.8 Å². The minimum atomic E-state index is -0.281. The molecule has 1 N–H and O–H groups in total. The summed E-state index contributed by atoms with van der Waals surface area (Å²) in [7, 11) is 3.11. The van der Waals surface area contributed by atoms with Gasteiger partial charge in [0.1, 0.15) is 0 Å². The Morgan fingerprint density at radius 1 is 1.38 bits per heavy atom. The average molecular weight is 230 g/mol. The van der Waals surface area contributed by atoms with Crippen molar-refractivity contribution in [3.8, 4) is 0 Å². The summed E-state index contributed by atoms with van der Waals surface area (Å²) in [6.45, 7) is 6.59. The zero-order valence-electron chi connectivity index (χ0n) is 10.7. The fourth-order valence-corrected chi connectivity index (χ4v) is 1.21. The van der Waals surface area contributed by atoms with Gasteiger partial charge >= 0.3 is 5.97 Å². The quantitative estimate of drug-likeness (QED) is 0.665. The van der Waals surface area contributed by atoms with Crippen LogP contribution < -0.4 is 5.32 Å². The Bertz CT molecular complexity index is 243. The van der Waals surface area contributed by atoms with Crippen molar-refractivity contribution < 1.29 is 14.3 Å². The molecule has 0 rings (SSSR count). The standard InChI is InChI=1S/C11H22N2O3/c1-6-13(4)10(14)9(3)12-7-8(2)11(15)16-5/h8-9,12H,6-7H2,1-5H3. The third-order valence-electron chi connectivity index (χ3n) is 2.55. The molecule has 1 amide bonds. The predicted molar refractivity (Wildman–Crippen MR) is 62.0 cm³/mol. The maximum Gasteiger partial charge on any atom is 0.309 e. The second kappa shape index (κ2) is 7.22. The first-order valence-electron chi connectivity index (χ1n) is 5.50. The van der Waals surface area contributed by atoms with Crippen molar-refractivity contribution in [3.05, 3.63) is 0 Å². The van der Waals surface area contributed by atoms with Crippen LogP contribution in [0, 0.1) is 5.92 Å². The lowest BCUT2D eigenvalue weighted by molar-refractivity contribution is -0.145. The lowest BCUT2D eigenvalue weighted by Crippen LogP contribution is -2.45. The van der Waals surface area contributed by atoms with Crippen LogP contribution in [-0.2, 0) is 14.3 Å². The first-order valence-corrected chi connectivity index (χ1v) is 5.50. The van der Waals surface area contributed by atoms with Crippen molar-refractivity contribution in [2.45, 2.75) is 26.8 Å². The molecule has 0 bridgehead atoms. The molecule has 0 heterocycles. The van der Waals surface area contributed by atoms with Gasteiger partial charge in [-0.15, -0.1) is 0 Å². The van der Waals surface area contributed by atoms with Gasteiger partial charge in [-0.1, -0.05) is 6.92 Å². The van der Waals surface area contributed by atoms with Gasteiger partial charge in [-0.3, -0.25) is 9.59 Å². The van der Waals surface area contributed by atoms with Crippen molar-refractivity contribution in [1.82, 2.24) is 10.2 Å². The molecule has 16 heavy (non-hydrogen) atoms. The number of amides is 1. The monoisotopic (exact) mass is 230 g/mol. The largest absolute Gasteiger partial charge is 0.469 e. The van der Waals surface area contributed by atoms with E-state index in [9.17, 15) is 9.59 Å². The summed E-state index contributed by atoms with van der Waals surface area (Å²) in [5, 5.41) is 3.02. The summed E-state index contributed by atoms with van der Waals surface area (Å²) in [5.74, 6) is -0.484. The summed E-state index contributed by atoms with van der Waals surface area (Å²) in [6.07, 6.45) is 0. The fraction of sp³-hybridized carbons (Fsp3) is 0.818. The van der Waals surface area contributed by atoms with Gasteiger partial charge in [-0.25, -0.2) is 0 Å². The lowest BCUT2D eigenvalue weighted by Gasteiger charge is -2.21. The van der Waals surface area contributed by atoms with E-state index in [1.807, 2.05) is 6.92 Å². The number of hydrogen-bond acceptors (Lipinski definition) is 4. The Morgan fingerprint density at radius 3 is 2.38 bits per heavy atom. The molecule has 0 radical (unpaired) electrons. The summed E-state index contributed by atoms with van der Waals surface area (Å²) >= 11 is 0. The van der Waals surface area contributed by atoms with Gasteiger partial charge in [0.2, 0.25) is 5.91 Å². The fourth-order valence-electron chi connectivity index (χ4n) is 1.21. The maximum atomic E-state index is 11.7. The number of rotatable bonds is 6. The summed E-state index contributed by atoms with van der Waals surface area (Å²) in [5.41, 5.74) is 0. The average Bonchev–Trinajstić information content (AvgIpc) is 2.32. The van der Waals surface area contributed by atoms with Crippen LogP contribution in [-0.4, -0.2) is 50.1 Å². The number of esters is 1. The Kier molecular flexibility index (Phi) is 6.72. The molecule has 0 saturated carbocycles. The Hall–Kier alpha value is -1.10. The van der Waals surface area contributed by atoms with Crippen LogP contribution in [0.25, 0.3) is 0 Å². The predicted octanol–water partition coefficient (Wildman–Crippen LogP) is 0.252. The molecule has 0 aliphatic carbocycles. The Morgan fingerprint density at radius 2 is 1.94 bits per heavy atom. The number of carbonyl (C=O) groups is 2. The van der Waals surface area contributed by atoms with Crippen molar-refractivity contribution in [2.24, 2.45) is 5.92 Å². The second-order valence-corrected chi connectivity index (χ2v) is 3.91. The van der Waals surface area contributed by atoms with E-state index in [4.69, 9.17) is 0 Å². The molecular weight excluding hydrogens is 208 g/mol. The number of methoxy groups -OCH3 is 1. The molecule has 0 spiro atoms. The SMILES string of the molecule is CCN(C)C(=O)C(C)NCC(C)C(=O)OC. The minimum absolute atomic E-state index is 0.0274. The molecule has 0 aliphatic heterocycles. The van der Waals surface area contributed by atoms with Crippen molar-refractivity contribution >= 4 is 11.9 Å². The number of carbonyl (C=O) groups excluding carboxylic acids is 2. The molecule has 0 fully saturated rings. The van der Waals surface area contributed by atoms with Crippen molar-refractivity contribution in [1.29, 1.82) is 0 Å². The molecule has 0 aromatic heterocycles. The van der Waals surface area contributed by atoms with Gasteiger partial charge in [-0.2, -0.15) is 0 Å². The van der Waals surface area contributed by atoms with Crippen LogP contribution in [0.3, 0.4) is 0 Å². The van der Waals surface area contributed by atoms with Crippen LogP contribution in [0.1, 0.15) is 20.8 Å². The van der Waals surface area contributed by atoms with Crippen LogP contribution in [0.4, 0.5) is 0 Å². The number of likely N-dealkylation sites (N-methyl/N-ethyl adjacent to an activating group) is 1. The van der Waals surface area contributed by atoms with E-state index in [-0.39, 0.29) is 23.8 Å². The summed E-state index contributed by atoms with van der Waals surface area (Å²) < 4.78 is 4.60. The molecule has 5 heteroatoms. The van der Waals surface area contributed by atoms with Crippen LogP contribution in [0.5, 0.6) is 0 Å². The molecule has 2 atom stereocenters. The molecule has 2 unspecified atom stereocenters. The van der Waals surface area contributed by atoms with E-state index in [0.29, 0.717) is 13.1 Å². The minimum Gasteiger partial charge on any atom is -0.469 e. The van der Waals surface area contributed by atoms with Crippen molar-refractivity contribution in [2.75, 3.05) is 27.2 Å². The van der Waals surface area contributed by atoms with E-state index in [1.54, 1.807) is 25.8 Å². The highest BCUT2D eigenvalue weighted by Crippen LogP contribution is 1.98. The highest BCUT2D eigenvalue weighted by molar-refractivity contribution is 5.81. The van der Waals surface area contributed by atoms with Gasteiger partial charge in [0.05, 0.1) is 19.1 Å². The maximum absolute atomic E-state index is 11.7. The highest BCUT2D eigenvalue weighted by atomic mass is 16.5. The first kappa shape index (κ1) is 14.9. The smallest absolute Gasteiger partial charge is 0.309 e. The highest BCUT2D eigenvalue weighted by Gasteiger charge is 2.19. The van der Waals surface area contributed by atoms with Gasteiger partial charge < -0.3 is 15.0 Å². The van der Waals surface area contributed by atoms with E-state index >= 15 is 0 Å². The molecule has 0 aliphatic rings. The second-order valence-electron chi connectivity index (χ2n) is 3.91. The van der Waals surface area contributed by atoms with E-state index < -0.39 is 0 Å². The molecule has 94 valence electrons.